The van der Waals surface area contributed by atoms with E-state index in [0.717, 1.165) is 29.1 Å². The van der Waals surface area contributed by atoms with Crippen molar-refractivity contribution in [3.8, 4) is 0 Å². The summed E-state index contributed by atoms with van der Waals surface area (Å²) < 4.78 is 27.8. The summed E-state index contributed by atoms with van der Waals surface area (Å²) in [6.45, 7) is -0.322. The first kappa shape index (κ1) is 21.4. The van der Waals surface area contributed by atoms with Gasteiger partial charge in [0.05, 0.1) is 16.6 Å². The minimum Gasteiger partial charge on any atom is -0.348 e. The zero-order valence-electron chi connectivity index (χ0n) is 16.9. The molecular formula is C24H23ClN2O3S. The second-order valence-corrected chi connectivity index (χ2v) is 9.81. The van der Waals surface area contributed by atoms with Gasteiger partial charge in [0.1, 0.15) is 6.54 Å². The lowest BCUT2D eigenvalue weighted by Gasteiger charge is -2.28. The molecular weight excluding hydrogens is 432 g/mol. The first-order valence-corrected chi connectivity index (χ1v) is 12.0. The molecule has 0 fully saturated rings. The van der Waals surface area contributed by atoms with Gasteiger partial charge in [-0.1, -0.05) is 54.1 Å². The summed E-state index contributed by atoms with van der Waals surface area (Å²) in [6.07, 6.45) is 2.79. The smallest absolute Gasteiger partial charge is 0.264 e. The third-order valence-corrected chi connectivity index (χ3v) is 7.48. The second-order valence-electron chi connectivity index (χ2n) is 7.51. The molecule has 160 valence electrons. The molecule has 1 N–H and O–H groups in total. The van der Waals surface area contributed by atoms with Crippen LogP contribution in [0.15, 0.2) is 83.8 Å². The van der Waals surface area contributed by atoms with E-state index in [9.17, 15) is 13.2 Å². The van der Waals surface area contributed by atoms with Crippen molar-refractivity contribution in [3.05, 3.63) is 95.0 Å². The fraction of sp³-hybridized carbons (Fsp3) is 0.208. The number of anilines is 1. The van der Waals surface area contributed by atoms with Crippen LogP contribution in [0.5, 0.6) is 0 Å². The Morgan fingerprint density at radius 1 is 0.968 bits per heavy atom. The number of hydrogen-bond donors (Lipinski definition) is 1. The van der Waals surface area contributed by atoms with Crippen LogP contribution in [0.25, 0.3) is 0 Å². The minimum atomic E-state index is -3.93. The van der Waals surface area contributed by atoms with Crippen molar-refractivity contribution in [2.45, 2.75) is 30.2 Å². The number of sulfonamides is 1. The van der Waals surface area contributed by atoms with Crippen molar-refractivity contribution >= 4 is 33.2 Å². The molecule has 0 saturated heterocycles. The maximum Gasteiger partial charge on any atom is 0.264 e. The van der Waals surface area contributed by atoms with Crippen molar-refractivity contribution in [2.24, 2.45) is 0 Å². The highest BCUT2D eigenvalue weighted by atomic mass is 35.5. The number of halogens is 1. The Kier molecular flexibility index (Phi) is 6.30. The fourth-order valence-electron chi connectivity index (χ4n) is 3.92. The quantitative estimate of drug-likeness (QED) is 0.585. The Labute approximate surface area is 187 Å². The van der Waals surface area contributed by atoms with Crippen molar-refractivity contribution in [1.82, 2.24) is 5.32 Å². The highest BCUT2D eigenvalue weighted by molar-refractivity contribution is 7.92. The second kappa shape index (κ2) is 9.12. The number of fused-ring (bicyclic) bond motifs is 1. The van der Waals surface area contributed by atoms with Crippen molar-refractivity contribution in [2.75, 3.05) is 10.8 Å². The topological polar surface area (TPSA) is 66.5 Å². The Hall–Kier alpha value is -2.83. The molecule has 0 aromatic heterocycles. The maximum atomic E-state index is 13.4. The standard InChI is InChI=1S/C24H23ClN2O3S/c25-19-13-15-20(16-14-19)27(31(29,30)21-9-2-1-3-10-21)17-24(28)26-23-12-6-8-18-7-4-5-11-22(18)23/h1-5,7,9-11,13-16,23H,6,8,12,17H2,(H,26,28)/t23-/m0/s1. The van der Waals surface area contributed by atoms with Gasteiger partial charge in [0.2, 0.25) is 5.91 Å². The largest absolute Gasteiger partial charge is 0.348 e. The molecule has 31 heavy (non-hydrogen) atoms. The summed E-state index contributed by atoms with van der Waals surface area (Å²) >= 11 is 5.98. The van der Waals surface area contributed by atoms with Crippen LogP contribution in [0, 0.1) is 0 Å². The number of rotatable bonds is 6. The molecule has 0 bridgehead atoms. The number of carbonyl (C=O) groups is 1. The zero-order chi connectivity index (χ0) is 21.8. The summed E-state index contributed by atoms with van der Waals surface area (Å²) in [5.74, 6) is -0.351. The van der Waals surface area contributed by atoms with E-state index in [-0.39, 0.29) is 23.4 Å². The van der Waals surface area contributed by atoms with E-state index in [4.69, 9.17) is 11.6 Å². The van der Waals surface area contributed by atoms with Crippen LogP contribution >= 0.6 is 11.6 Å². The Balaban J connectivity index is 1.61. The summed E-state index contributed by atoms with van der Waals surface area (Å²) in [5.41, 5.74) is 2.71. The molecule has 1 aliphatic rings. The van der Waals surface area contributed by atoms with Crippen LogP contribution in [0.2, 0.25) is 5.02 Å². The highest BCUT2D eigenvalue weighted by Crippen LogP contribution is 2.30. The van der Waals surface area contributed by atoms with Crippen LogP contribution in [0.1, 0.15) is 30.0 Å². The normalized spacial score (nSPS) is 15.7. The van der Waals surface area contributed by atoms with Gasteiger partial charge in [-0.3, -0.25) is 9.10 Å². The number of hydrogen-bond acceptors (Lipinski definition) is 3. The lowest BCUT2D eigenvalue weighted by molar-refractivity contribution is -0.120. The molecule has 0 unspecified atom stereocenters. The molecule has 3 aromatic rings. The van der Waals surface area contributed by atoms with E-state index in [1.54, 1.807) is 42.5 Å². The maximum absolute atomic E-state index is 13.4. The van der Waals surface area contributed by atoms with Crippen molar-refractivity contribution in [3.63, 3.8) is 0 Å². The third kappa shape index (κ3) is 4.75. The monoisotopic (exact) mass is 454 g/mol. The first-order valence-electron chi connectivity index (χ1n) is 10.2. The lowest BCUT2D eigenvalue weighted by Crippen LogP contribution is -2.42. The number of nitrogens with one attached hydrogen (secondary N) is 1. The number of benzene rings is 3. The van der Waals surface area contributed by atoms with E-state index in [0.29, 0.717) is 10.7 Å². The van der Waals surface area contributed by atoms with E-state index in [2.05, 4.69) is 11.4 Å². The molecule has 1 atom stereocenters. The Morgan fingerprint density at radius 3 is 2.39 bits per heavy atom. The Morgan fingerprint density at radius 2 is 1.65 bits per heavy atom. The van der Waals surface area contributed by atoms with Gasteiger partial charge in [0, 0.05) is 5.02 Å². The van der Waals surface area contributed by atoms with Gasteiger partial charge in [0.25, 0.3) is 10.0 Å². The first-order chi connectivity index (χ1) is 14.9. The van der Waals surface area contributed by atoms with Crippen LogP contribution in [-0.2, 0) is 21.2 Å². The molecule has 7 heteroatoms. The summed E-state index contributed by atoms with van der Waals surface area (Å²) in [5, 5.41) is 3.53. The van der Waals surface area contributed by atoms with Gasteiger partial charge < -0.3 is 5.32 Å². The molecule has 0 heterocycles. The van der Waals surface area contributed by atoms with E-state index < -0.39 is 10.0 Å². The van der Waals surface area contributed by atoms with Crippen LogP contribution in [0.3, 0.4) is 0 Å². The molecule has 3 aromatic carbocycles. The summed E-state index contributed by atoms with van der Waals surface area (Å²) in [7, 11) is -3.93. The number of amides is 1. The van der Waals surface area contributed by atoms with Gasteiger partial charge in [-0.15, -0.1) is 0 Å². The number of aryl methyl sites for hydroxylation is 1. The predicted molar refractivity (Wildman–Crippen MR) is 123 cm³/mol. The molecule has 0 aliphatic heterocycles. The molecule has 0 saturated carbocycles. The molecule has 4 rings (SSSR count). The minimum absolute atomic E-state index is 0.121. The lowest BCUT2D eigenvalue weighted by atomic mass is 9.88. The van der Waals surface area contributed by atoms with Crippen molar-refractivity contribution < 1.29 is 13.2 Å². The molecule has 0 spiro atoms. The average molecular weight is 455 g/mol. The zero-order valence-corrected chi connectivity index (χ0v) is 18.4. The SMILES string of the molecule is O=C(CN(c1ccc(Cl)cc1)S(=O)(=O)c1ccccc1)N[C@H]1CCCc2ccccc21. The average Bonchev–Trinajstić information content (AvgIpc) is 2.79. The third-order valence-electron chi connectivity index (χ3n) is 5.44. The summed E-state index contributed by atoms with van der Waals surface area (Å²) in [6, 6.07) is 22.5. The van der Waals surface area contributed by atoms with E-state index in [1.807, 2.05) is 18.2 Å². The van der Waals surface area contributed by atoms with Crippen LogP contribution in [-0.4, -0.2) is 20.9 Å². The van der Waals surface area contributed by atoms with Gasteiger partial charge in [0.15, 0.2) is 0 Å². The van der Waals surface area contributed by atoms with E-state index in [1.165, 1.54) is 17.7 Å². The van der Waals surface area contributed by atoms with Crippen LogP contribution < -0.4 is 9.62 Å². The molecule has 1 aliphatic carbocycles. The molecule has 5 nitrogen and oxygen atoms in total. The fourth-order valence-corrected chi connectivity index (χ4v) is 5.48. The highest BCUT2D eigenvalue weighted by Gasteiger charge is 2.29. The summed E-state index contributed by atoms with van der Waals surface area (Å²) in [4.78, 5) is 13.1. The Bertz CT molecular complexity index is 1160. The van der Waals surface area contributed by atoms with Gasteiger partial charge in [-0.05, 0) is 66.8 Å². The van der Waals surface area contributed by atoms with Crippen LogP contribution in [0.4, 0.5) is 5.69 Å². The van der Waals surface area contributed by atoms with Crippen molar-refractivity contribution in [1.29, 1.82) is 0 Å². The van der Waals surface area contributed by atoms with Gasteiger partial charge in [-0.2, -0.15) is 0 Å². The molecule has 0 radical (unpaired) electrons. The number of carbonyl (C=O) groups excluding carboxylic acids is 1. The van der Waals surface area contributed by atoms with E-state index >= 15 is 0 Å². The van der Waals surface area contributed by atoms with Gasteiger partial charge in [-0.25, -0.2) is 8.42 Å². The van der Waals surface area contributed by atoms with Gasteiger partial charge >= 0.3 is 0 Å². The predicted octanol–water partition coefficient (Wildman–Crippen LogP) is 4.73. The molecule has 1 amide bonds. The number of nitrogens with zero attached hydrogens (tertiary/aromatic N) is 1.